The molecule has 0 radical (unpaired) electrons. The molecule has 3 aromatic rings. The number of aromatic nitrogens is 1. The van der Waals surface area contributed by atoms with E-state index in [4.69, 9.17) is 11.6 Å². The molecule has 0 aliphatic heterocycles. The summed E-state index contributed by atoms with van der Waals surface area (Å²) in [5, 5.41) is 1.000. The van der Waals surface area contributed by atoms with Crippen molar-refractivity contribution in [3.8, 4) is 0 Å². The largest absolute Gasteiger partial charge is 0.465 e. The van der Waals surface area contributed by atoms with Crippen LogP contribution in [0.25, 0.3) is 10.9 Å². The number of ether oxygens (including phenoxy) is 1. The summed E-state index contributed by atoms with van der Waals surface area (Å²) < 4.78 is 32.5. The summed E-state index contributed by atoms with van der Waals surface area (Å²) in [6.45, 7) is 0. The molecule has 0 aliphatic rings. The number of sulfonamides is 1. The summed E-state index contributed by atoms with van der Waals surface area (Å²) in [4.78, 5) is 14.7. The number of hydrogen-bond acceptors (Lipinski definition) is 4. The topological polar surface area (TPSA) is 88.3 Å². The molecule has 0 aliphatic carbocycles. The van der Waals surface area contributed by atoms with Gasteiger partial charge < -0.3 is 9.72 Å². The number of hydrogen-bond donors (Lipinski definition) is 2. The number of halogens is 1. The van der Waals surface area contributed by atoms with Gasteiger partial charge in [-0.25, -0.2) is 13.2 Å². The van der Waals surface area contributed by atoms with Crippen LogP contribution in [0.4, 0.5) is 5.69 Å². The summed E-state index contributed by atoms with van der Waals surface area (Å²) in [7, 11) is -2.67. The first-order valence-corrected chi connectivity index (χ1v) is 8.75. The van der Waals surface area contributed by atoms with Crippen LogP contribution in [0.2, 0.25) is 5.02 Å². The molecule has 0 spiro atoms. The van der Waals surface area contributed by atoms with Gasteiger partial charge in [0.25, 0.3) is 10.0 Å². The fraction of sp³-hybridized carbons (Fsp3) is 0.0625. The fourth-order valence-corrected chi connectivity index (χ4v) is 3.79. The second-order valence-electron chi connectivity index (χ2n) is 4.99. The van der Waals surface area contributed by atoms with E-state index < -0.39 is 16.0 Å². The minimum Gasteiger partial charge on any atom is -0.465 e. The van der Waals surface area contributed by atoms with E-state index in [9.17, 15) is 13.2 Å². The highest BCUT2D eigenvalue weighted by atomic mass is 35.5. The lowest BCUT2D eigenvalue weighted by atomic mass is 10.2. The molecule has 3 rings (SSSR count). The second kappa shape index (κ2) is 6.18. The van der Waals surface area contributed by atoms with Gasteiger partial charge >= 0.3 is 5.97 Å². The molecule has 1 heterocycles. The summed E-state index contributed by atoms with van der Waals surface area (Å²) in [6.07, 6.45) is 1.38. The van der Waals surface area contributed by atoms with Crippen molar-refractivity contribution < 1.29 is 17.9 Å². The summed E-state index contributed by atoms with van der Waals surface area (Å²) in [5.74, 6) is -0.626. The Kier molecular flexibility index (Phi) is 4.21. The van der Waals surface area contributed by atoms with E-state index in [2.05, 4.69) is 14.4 Å². The maximum absolute atomic E-state index is 12.7. The predicted octanol–water partition coefficient (Wildman–Crippen LogP) is 3.41. The lowest BCUT2D eigenvalue weighted by Crippen LogP contribution is -2.15. The van der Waals surface area contributed by atoms with Crippen molar-refractivity contribution in [2.24, 2.45) is 0 Å². The third kappa shape index (κ3) is 2.95. The van der Waals surface area contributed by atoms with E-state index in [1.807, 2.05) is 0 Å². The molecule has 0 bridgehead atoms. The Hall–Kier alpha value is -2.51. The average molecular weight is 365 g/mol. The van der Waals surface area contributed by atoms with Crippen molar-refractivity contribution in [1.29, 1.82) is 0 Å². The van der Waals surface area contributed by atoms with Crippen LogP contribution in [0.5, 0.6) is 0 Å². The first-order chi connectivity index (χ1) is 11.4. The van der Waals surface area contributed by atoms with Crippen LogP contribution in [-0.2, 0) is 14.8 Å². The highest BCUT2D eigenvalue weighted by molar-refractivity contribution is 7.93. The number of carbonyl (C=O) groups excluding carboxylic acids is 1. The zero-order chi connectivity index (χ0) is 17.3. The molecule has 2 N–H and O–H groups in total. The number of carbonyl (C=O) groups is 1. The van der Waals surface area contributed by atoms with Gasteiger partial charge in [-0.3, -0.25) is 4.72 Å². The molecule has 124 valence electrons. The fourth-order valence-electron chi connectivity index (χ4n) is 2.35. The summed E-state index contributed by atoms with van der Waals surface area (Å²) in [6, 6.07) is 11.1. The Bertz CT molecular complexity index is 1030. The zero-order valence-electron chi connectivity index (χ0n) is 12.5. The van der Waals surface area contributed by atoms with Crippen LogP contribution in [0.15, 0.2) is 53.6 Å². The van der Waals surface area contributed by atoms with E-state index >= 15 is 0 Å². The Morgan fingerprint density at radius 2 is 1.96 bits per heavy atom. The molecule has 0 saturated carbocycles. The normalized spacial score (nSPS) is 11.4. The molecular weight excluding hydrogens is 352 g/mol. The number of aromatic amines is 1. The smallest absolute Gasteiger partial charge is 0.339 e. The second-order valence-corrected chi connectivity index (χ2v) is 7.07. The van der Waals surface area contributed by atoms with Gasteiger partial charge in [0.2, 0.25) is 0 Å². The molecule has 24 heavy (non-hydrogen) atoms. The number of rotatable bonds is 4. The van der Waals surface area contributed by atoms with Gasteiger partial charge in [-0.2, -0.15) is 0 Å². The van der Waals surface area contributed by atoms with Gasteiger partial charge in [-0.1, -0.05) is 23.7 Å². The molecule has 0 atom stereocenters. The lowest BCUT2D eigenvalue weighted by Gasteiger charge is -2.10. The summed E-state index contributed by atoms with van der Waals surface area (Å²) >= 11 is 5.91. The van der Waals surface area contributed by atoms with Crippen molar-refractivity contribution >= 4 is 44.2 Å². The Morgan fingerprint density at radius 1 is 1.21 bits per heavy atom. The van der Waals surface area contributed by atoms with Crippen LogP contribution < -0.4 is 4.72 Å². The Labute approximate surface area is 143 Å². The summed E-state index contributed by atoms with van der Waals surface area (Å²) in [5.41, 5.74) is 0.878. The van der Waals surface area contributed by atoms with E-state index in [1.165, 1.54) is 25.4 Å². The number of H-pyrrole nitrogens is 1. The van der Waals surface area contributed by atoms with Gasteiger partial charge in [0.1, 0.15) is 4.90 Å². The average Bonchev–Trinajstić information content (AvgIpc) is 2.98. The van der Waals surface area contributed by atoms with Gasteiger partial charge in [-0.15, -0.1) is 0 Å². The number of esters is 1. The van der Waals surface area contributed by atoms with Crippen molar-refractivity contribution in [3.63, 3.8) is 0 Å². The molecule has 8 heteroatoms. The quantitative estimate of drug-likeness (QED) is 0.694. The molecule has 0 unspecified atom stereocenters. The minimum absolute atomic E-state index is 0.0637. The van der Waals surface area contributed by atoms with Crippen LogP contribution in [0.1, 0.15) is 10.4 Å². The third-order valence-electron chi connectivity index (χ3n) is 3.47. The maximum atomic E-state index is 12.7. The molecule has 1 aromatic heterocycles. The molecule has 2 aromatic carbocycles. The number of anilines is 1. The maximum Gasteiger partial charge on any atom is 0.339 e. The van der Waals surface area contributed by atoms with Gasteiger partial charge in [0, 0.05) is 22.1 Å². The van der Waals surface area contributed by atoms with Gasteiger partial charge in [0.05, 0.1) is 18.4 Å². The molecule has 6 nitrogen and oxygen atoms in total. The van der Waals surface area contributed by atoms with Crippen molar-refractivity contribution in [2.75, 3.05) is 11.8 Å². The number of methoxy groups -OCH3 is 1. The standard InChI is InChI=1S/C16H13ClN2O4S/c1-23-16(20)12-4-2-3-5-13(12)19-24(21,22)15-9-18-14-8-10(17)6-7-11(14)15/h2-9,18-19H,1H3. The van der Waals surface area contributed by atoms with E-state index in [-0.39, 0.29) is 16.1 Å². The first-order valence-electron chi connectivity index (χ1n) is 6.89. The molecular formula is C16H13ClN2O4S. The van der Waals surface area contributed by atoms with Crippen molar-refractivity contribution in [1.82, 2.24) is 4.98 Å². The number of benzene rings is 2. The number of para-hydroxylation sites is 1. The SMILES string of the molecule is COC(=O)c1ccccc1NS(=O)(=O)c1c[nH]c2cc(Cl)ccc12. The monoisotopic (exact) mass is 364 g/mol. The highest BCUT2D eigenvalue weighted by Crippen LogP contribution is 2.28. The van der Waals surface area contributed by atoms with Crippen LogP contribution in [0, 0.1) is 0 Å². The Morgan fingerprint density at radius 3 is 2.71 bits per heavy atom. The first kappa shape index (κ1) is 16.4. The van der Waals surface area contributed by atoms with E-state index in [0.29, 0.717) is 15.9 Å². The van der Waals surface area contributed by atoms with Crippen molar-refractivity contribution in [2.45, 2.75) is 4.90 Å². The number of nitrogens with one attached hydrogen (secondary N) is 2. The van der Waals surface area contributed by atoms with E-state index in [1.54, 1.807) is 30.3 Å². The lowest BCUT2D eigenvalue weighted by molar-refractivity contribution is 0.0602. The third-order valence-corrected chi connectivity index (χ3v) is 5.11. The van der Waals surface area contributed by atoms with E-state index in [0.717, 1.165) is 0 Å². The van der Waals surface area contributed by atoms with Gasteiger partial charge in [-0.05, 0) is 30.3 Å². The van der Waals surface area contributed by atoms with Crippen LogP contribution in [-0.4, -0.2) is 26.5 Å². The minimum atomic E-state index is -3.91. The molecule has 0 amide bonds. The van der Waals surface area contributed by atoms with Crippen LogP contribution in [0.3, 0.4) is 0 Å². The van der Waals surface area contributed by atoms with Gasteiger partial charge in [0.15, 0.2) is 0 Å². The zero-order valence-corrected chi connectivity index (χ0v) is 14.1. The number of fused-ring (bicyclic) bond motifs is 1. The Balaban J connectivity index is 2.05. The predicted molar refractivity (Wildman–Crippen MR) is 91.9 cm³/mol. The molecule has 0 fully saturated rings. The van der Waals surface area contributed by atoms with Crippen molar-refractivity contribution in [3.05, 3.63) is 59.2 Å². The molecule has 0 saturated heterocycles. The van der Waals surface area contributed by atoms with Crippen LogP contribution >= 0.6 is 11.6 Å². The highest BCUT2D eigenvalue weighted by Gasteiger charge is 2.22.